The zero-order valence-corrected chi connectivity index (χ0v) is 11.2. The van der Waals surface area contributed by atoms with E-state index in [1.807, 2.05) is 0 Å². The molecule has 0 aliphatic rings. The van der Waals surface area contributed by atoms with Crippen LogP contribution in [0.2, 0.25) is 0 Å². The second kappa shape index (κ2) is 6.04. The van der Waals surface area contributed by atoms with Gasteiger partial charge in [0.15, 0.2) is 5.82 Å². The van der Waals surface area contributed by atoms with Crippen molar-refractivity contribution in [1.82, 2.24) is 9.97 Å². The Balaban J connectivity index is 1.96. The number of anilines is 2. The van der Waals surface area contributed by atoms with Crippen LogP contribution >= 0.6 is 0 Å². The van der Waals surface area contributed by atoms with Crippen LogP contribution in [0.15, 0.2) is 30.6 Å². The number of nitrogens with one attached hydrogen (secondary N) is 1. The summed E-state index contributed by atoms with van der Waals surface area (Å²) >= 11 is 0. The minimum absolute atomic E-state index is 0.396. The van der Waals surface area contributed by atoms with Gasteiger partial charge in [-0.1, -0.05) is 29.8 Å². The Kier molecular flexibility index (Phi) is 4.18. The monoisotopic (exact) mass is 258 g/mol. The van der Waals surface area contributed by atoms with Crippen molar-refractivity contribution in [3.63, 3.8) is 0 Å². The first kappa shape index (κ1) is 13.1. The van der Waals surface area contributed by atoms with Crippen LogP contribution in [-0.4, -0.2) is 23.6 Å². The van der Waals surface area contributed by atoms with Crippen LogP contribution in [0.3, 0.4) is 0 Å². The standard InChI is InChI=1S/C14H18N4O/c1-10-4-3-5-11(8-10)6-7-16-13-12(15)14(19-2)18-9-17-13/h3-5,8-9H,6-7,15H2,1-2H3,(H,16,17,18). The summed E-state index contributed by atoms with van der Waals surface area (Å²) < 4.78 is 5.05. The number of rotatable bonds is 5. The maximum absolute atomic E-state index is 5.88. The lowest BCUT2D eigenvalue weighted by atomic mass is 10.1. The molecule has 5 heteroatoms. The topological polar surface area (TPSA) is 73.1 Å². The third kappa shape index (κ3) is 3.34. The van der Waals surface area contributed by atoms with E-state index in [1.54, 1.807) is 0 Å². The van der Waals surface area contributed by atoms with Crippen LogP contribution < -0.4 is 15.8 Å². The Morgan fingerprint density at radius 3 is 2.89 bits per heavy atom. The summed E-state index contributed by atoms with van der Waals surface area (Å²) in [4.78, 5) is 8.05. The highest BCUT2D eigenvalue weighted by molar-refractivity contribution is 5.66. The summed E-state index contributed by atoms with van der Waals surface area (Å²) in [5.74, 6) is 1.01. The fraction of sp³-hybridized carbons (Fsp3) is 0.286. The Labute approximate surface area is 112 Å². The van der Waals surface area contributed by atoms with Crippen molar-refractivity contribution in [1.29, 1.82) is 0 Å². The number of methoxy groups -OCH3 is 1. The van der Waals surface area contributed by atoms with Gasteiger partial charge in [-0.15, -0.1) is 0 Å². The molecule has 0 amide bonds. The molecule has 5 nitrogen and oxygen atoms in total. The highest BCUT2D eigenvalue weighted by Gasteiger charge is 2.07. The number of hydrogen-bond acceptors (Lipinski definition) is 5. The zero-order valence-electron chi connectivity index (χ0n) is 11.2. The van der Waals surface area contributed by atoms with Crippen LogP contribution in [0.25, 0.3) is 0 Å². The first-order valence-electron chi connectivity index (χ1n) is 6.14. The number of nitrogens with zero attached hydrogens (tertiary/aromatic N) is 2. The van der Waals surface area contributed by atoms with Crippen molar-refractivity contribution in [3.8, 4) is 5.88 Å². The maximum atomic E-state index is 5.88. The van der Waals surface area contributed by atoms with Crippen LogP contribution in [0, 0.1) is 6.92 Å². The van der Waals surface area contributed by atoms with Crippen LogP contribution in [-0.2, 0) is 6.42 Å². The smallest absolute Gasteiger partial charge is 0.242 e. The van der Waals surface area contributed by atoms with Crippen molar-refractivity contribution in [2.45, 2.75) is 13.3 Å². The van der Waals surface area contributed by atoms with Gasteiger partial charge in [0.2, 0.25) is 5.88 Å². The van der Waals surface area contributed by atoms with Crippen LogP contribution in [0.5, 0.6) is 5.88 Å². The second-order valence-corrected chi connectivity index (χ2v) is 4.31. The largest absolute Gasteiger partial charge is 0.479 e. The molecule has 0 aliphatic carbocycles. The van der Waals surface area contributed by atoms with E-state index in [4.69, 9.17) is 10.5 Å². The molecule has 0 radical (unpaired) electrons. The molecule has 0 fully saturated rings. The van der Waals surface area contributed by atoms with Gasteiger partial charge in [-0.2, -0.15) is 4.98 Å². The molecule has 100 valence electrons. The molecule has 1 aromatic heterocycles. The molecule has 0 saturated carbocycles. The van der Waals surface area contributed by atoms with Crippen molar-refractivity contribution in [2.75, 3.05) is 24.7 Å². The molecule has 1 heterocycles. The molecule has 1 aromatic carbocycles. The molecule has 0 atom stereocenters. The summed E-state index contributed by atoms with van der Waals surface area (Å²) in [7, 11) is 1.54. The Bertz CT molecular complexity index is 557. The van der Waals surface area contributed by atoms with E-state index >= 15 is 0 Å². The fourth-order valence-corrected chi connectivity index (χ4v) is 1.88. The number of ether oxygens (including phenoxy) is 1. The van der Waals surface area contributed by atoms with Crippen molar-refractivity contribution in [3.05, 3.63) is 41.7 Å². The Morgan fingerprint density at radius 2 is 2.16 bits per heavy atom. The van der Waals surface area contributed by atoms with Gasteiger partial charge in [0, 0.05) is 6.54 Å². The van der Waals surface area contributed by atoms with Gasteiger partial charge >= 0.3 is 0 Å². The number of nitrogen functional groups attached to an aromatic ring is 1. The highest BCUT2D eigenvalue weighted by Crippen LogP contribution is 2.23. The molecule has 0 aliphatic heterocycles. The number of nitrogens with two attached hydrogens (primary N) is 1. The number of hydrogen-bond donors (Lipinski definition) is 2. The average Bonchev–Trinajstić information content (AvgIpc) is 2.41. The Morgan fingerprint density at radius 1 is 1.32 bits per heavy atom. The van der Waals surface area contributed by atoms with E-state index in [-0.39, 0.29) is 0 Å². The lowest BCUT2D eigenvalue weighted by Gasteiger charge is -2.10. The minimum Gasteiger partial charge on any atom is -0.479 e. The summed E-state index contributed by atoms with van der Waals surface area (Å²) in [6.45, 7) is 2.85. The molecule has 0 saturated heterocycles. The lowest BCUT2D eigenvalue weighted by Crippen LogP contribution is -2.10. The molecule has 3 N–H and O–H groups in total. The highest BCUT2D eigenvalue weighted by atomic mass is 16.5. The lowest BCUT2D eigenvalue weighted by molar-refractivity contribution is 0.399. The molecular weight excluding hydrogens is 240 g/mol. The molecule has 2 rings (SSSR count). The maximum Gasteiger partial charge on any atom is 0.242 e. The van der Waals surface area contributed by atoms with E-state index in [0.29, 0.717) is 17.4 Å². The second-order valence-electron chi connectivity index (χ2n) is 4.31. The van der Waals surface area contributed by atoms with Gasteiger partial charge in [-0.3, -0.25) is 0 Å². The average molecular weight is 258 g/mol. The van der Waals surface area contributed by atoms with Crippen LogP contribution in [0.4, 0.5) is 11.5 Å². The normalized spacial score (nSPS) is 10.2. The molecule has 0 spiro atoms. The van der Waals surface area contributed by atoms with E-state index in [0.717, 1.165) is 13.0 Å². The first-order valence-corrected chi connectivity index (χ1v) is 6.14. The third-order valence-corrected chi connectivity index (χ3v) is 2.83. The Hall–Kier alpha value is -2.30. The van der Waals surface area contributed by atoms with Crippen molar-refractivity contribution < 1.29 is 4.74 Å². The molecule has 0 unspecified atom stereocenters. The summed E-state index contributed by atoms with van der Waals surface area (Å²) in [6, 6.07) is 8.43. The third-order valence-electron chi connectivity index (χ3n) is 2.83. The number of aryl methyl sites for hydroxylation is 1. The first-order chi connectivity index (χ1) is 9.20. The van der Waals surface area contributed by atoms with Gasteiger partial charge in [0.25, 0.3) is 0 Å². The predicted octanol–water partition coefficient (Wildman–Crippen LogP) is 2.03. The zero-order chi connectivity index (χ0) is 13.7. The van der Waals surface area contributed by atoms with E-state index < -0.39 is 0 Å². The molecule has 19 heavy (non-hydrogen) atoms. The van der Waals surface area contributed by atoms with Crippen molar-refractivity contribution >= 4 is 11.5 Å². The quantitative estimate of drug-likeness (QED) is 0.858. The van der Waals surface area contributed by atoms with E-state index in [2.05, 4.69) is 46.5 Å². The SMILES string of the molecule is COc1ncnc(NCCc2cccc(C)c2)c1N. The minimum atomic E-state index is 0.396. The van der Waals surface area contributed by atoms with Gasteiger partial charge in [0.05, 0.1) is 7.11 Å². The predicted molar refractivity (Wildman–Crippen MR) is 76.4 cm³/mol. The summed E-state index contributed by atoms with van der Waals surface area (Å²) in [5.41, 5.74) is 8.87. The van der Waals surface area contributed by atoms with Gasteiger partial charge in [-0.05, 0) is 18.9 Å². The van der Waals surface area contributed by atoms with E-state index in [1.165, 1.54) is 24.6 Å². The van der Waals surface area contributed by atoms with Gasteiger partial charge < -0.3 is 15.8 Å². The number of aromatic nitrogens is 2. The van der Waals surface area contributed by atoms with Gasteiger partial charge in [-0.25, -0.2) is 4.98 Å². The van der Waals surface area contributed by atoms with E-state index in [9.17, 15) is 0 Å². The summed E-state index contributed by atoms with van der Waals surface area (Å²) in [5, 5.41) is 3.20. The van der Waals surface area contributed by atoms with Crippen LogP contribution in [0.1, 0.15) is 11.1 Å². The molecule has 0 bridgehead atoms. The van der Waals surface area contributed by atoms with Gasteiger partial charge in [0.1, 0.15) is 12.0 Å². The number of benzene rings is 1. The summed E-state index contributed by atoms with van der Waals surface area (Å²) in [6.07, 6.45) is 2.34. The molecular formula is C14H18N4O. The molecule has 2 aromatic rings. The fourth-order valence-electron chi connectivity index (χ4n) is 1.88. The van der Waals surface area contributed by atoms with Crippen molar-refractivity contribution in [2.24, 2.45) is 0 Å².